The van der Waals surface area contributed by atoms with Gasteiger partial charge in [-0.3, -0.25) is 48.1 Å². The van der Waals surface area contributed by atoms with Gasteiger partial charge in [-0.15, -0.1) is 0 Å². The molecule has 5 amide bonds. The largest absolute Gasteiger partial charge is 0.480 e. The van der Waals surface area contributed by atoms with Gasteiger partial charge in [0.25, 0.3) is 23.6 Å². The van der Waals surface area contributed by atoms with Crippen molar-refractivity contribution < 1.29 is 56.8 Å². The molecule has 0 bridgehead atoms. The highest BCUT2D eigenvalue weighted by Crippen LogP contribution is 2.43. The molecule has 4 N–H and O–H groups in total. The number of aliphatic hydroxyl groups is 1. The lowest BCUT2D eigenvalue weighted by Gasteiger charge is -2.46. The zero-order valence-corrected chi connectivity index (χ0v) is 44.0. The number of aromatic nitrogens is 4. The molecule has 0 saturated carbocycles. The summed E-state index contributed by atoms with van der Waals surface area (Å²) in [4.78, 5) is 109. The first-order chi connectivity index (χ1) is 37.9. The van der Waals surface area contributed by atoms with Crippen LogP contribution >= 0.6 is 7.82 Å². The first-order valence-corrected chi connectivity index (χ1v) is 27.4. The molecule has 3 atom stereocenters. The van der Waals surface area contributed by atoms with Crippen LogP contribution in [-0.4, -0.2) is 150 Å². The summed E-state index contributed by atoms with van der Waals surface area (Å²) in [5.41, 5.74) is 6.75. The van der Waals surface area contributed by atoms with E-state index in [1.54, 1.807) is 60.6 Å². The van der Waals surface area contributed by atoms with Gasteiger partial charge >= 0.3 is 7.82 Å². The Morgan fingerprint density at radius 1 is 0.857 bits per heavy atom. The number of aliphatic hydroxyl groups excluding tert-OH is 1. The summed E-state index contributed by atoms with van der Waals surface area (Å²) in [6, 6.07) is 13.2. The third-order valence-electron chi connectivity index (χ3n) is 15.9. The molecule has 1 aromatic carbocycles. The molecule has 22 nitrogen and oxygen atoms in total. The molecule has 3 fully saturated rings. The monoisotopic (exact) mass is 1070 g/mol. The molecule has 1 unspecified atom stereocenters. The molecule has 404 valence electrons. The predicted octanol–water partition coefficient (Wildman–Crippen LogP) is 5.29. The van der Waals surface area contributed by atoms with Crippen LogP contribution < -0.4 is 24.8 Å². The standard InChI is InChI=1S/C54H62N11O11P/c1-31-29-60(35-13-16-59(17-14-35)36-6-8-39-40(24-36)51(69)65(50(39)68)42-9-11-46(67)64(52(42)70)30-76-77(72,73)74)18-19-61(31)37-7-10-45(56-28-37)58-41-22-34(27-57-49(41)75-5)38-12-15-55-48(47(38)32(2)66)63-21-20-62-43(53(63)71)23-33-25-54(3,4)26-44(33)62/h6-8,10,12,15,22-24,27-28,31-32,35,42,66H,9,11,13-14,16-21,25-26,29-30H2,1-5H3,(H,56,58)(H2,72,73,74)/t31-,32-,42?/m0/s1/i5D3. The number of hydrogen-bond donors (Lipinski definition) is 4. The van der Waals surface area contributed by atoms with Gasteiger partial charge in [-0.2, -0.15) is 0 Å². The van der Waals surface area contributed by atoms with E-state index in [2.05, 4.69) is 59.8 Å². The predicted molar refractivity (Wildman–Crippen MR) is 283 cm³/mol. The van der Waals surface area contributed by atoms with Gasteiger partial charge in [0.05, 0.1) is 40.3 Å². The Morgan fingerprint density at radius 3 is 2.36 bits per heavy atom. The van der Waals surface area contributed by atoms with Crippen LogP contribution in [0, 0.1) is 5.41 Å². The zero-order valence-electron chi connectivity index (χ0n) is 46.1. The van der Waals surface area contributed by atoms with Gasteiger partial charge in [0.15, 0.2) is 0 Å². The van der Waals surface area contributed by atoms with Crippen LogP contribution in [-0.2, 0) is 38.1 Å². The highest BCUT2D eigenvalue weighted by molar-refractivity contribution is 7.46. The van der Waals surface area contributed by atoms with Gasteiger partial charge in [-0.05, 0) is 111 Å². The minimum atomic E-state index is -5.02. The van der Waals surface area contributed by atoms with E-state index in [0.717, 1.165) is 61.6 Å². The van der Waals surface area contributed by atoms with Crippen molar-refractivity contribution in [3.8, 4) is 17.0 Å². The fraction of sp³-hybridized carbons (Fsp3) is 0.444. The summed E-state index contributed by atoms with van der Waals surface area (Å²) in [7, 11) is -7.84. The van der Waals surface area contributed by atoms with Crippen LogP contribution in [0.4, 0.5) is 28.7 Å². The number of phosphoric ester groups is 1. The summed E-state index contributed by atoms with van der Waals surface area (Å²) < 4.78 is 46.8. The maximum absolute atomic E-state index is 14.2. The number of hydrogen-bond acceptors (Lipinski definition) is 16. The van der Waals surface area contributed by atoms with Crippen LogP contribution in [0.25, 0.3) is 11.1 Å². The van der Waals surface area contributed by atoms with E-state index < -0.39 is 57.4 Å². The Morgan fingerprint density at radius 2 is 1.64 bits per heavy atom. The molecule has 0 radical (unpaired) electrons. The van der Waals surface area contributed by atoms with Crippen LogP contribution in [0.1, 0.15) is 112 Å². The Labute approximate surface area is 449 Å². The number of nitrogens with one attached hydrogen (secondary N) is 1. The first-order valence-electron chi connectivity index (χ1n) is 27.4. The number of fused-ring (bicyclic) bond motifs is 4. The average molecular weight is 1080 g/mol. The topological polar surface area (TPSA) is 257 Å². The van der Waals surface area contributed by atoms with Gasteiger partial charge in [0.2, 0.25) is 11.8 Å². The normalized spacial score (nSPS) is 22.2. The van der Waals surface area contributed by atoms with Gasteiger partial charge in [-0.25, -0.2) is 19.5 Å². The molecule has 5 aromatic rings. The highest BCUT2D eigenvalue weighted by Gasteiger charge is 2.48. The number of pyridine rings is 3. The van der Waals surface area contributed by atoms with Crippen molar-refractivity contribution in [3.63, 3.8) is 0 Å². The summed E-state index contributed by atoms with van der Waals surface area (Å²) in [6.07, 6.45) is 6.90. The molecule has 23 heteroatoms. The van der Waals surface area contributed by atoms with Crippen molar-refractivity contribution in [3.05, 3.63) is 101 Å². The van der Waals surface area contributed by atoms with E-state index in [0.29, 0.717) is 71.1 Å². The third kappa shape index (κ3) is 9.75. The molecular weight excluding hydrogens is 1010 g/mol. The SMILES string of the molecule is [2H]C([2H])([2H])Oc1ncc(-c2ccnc(N3CCn4c(cc5c4CC(C)(C)C5)C3=O)c2[C@H](C)O)cc1Nc1ccc(N2CCN(C3CCN(c4ccc5c(c4)C(=O)N(C4CCC(=O)N(COP(=O)(O)O)C4=O)C5=O)CC3)C[C@@H]2C)cn1. The number of benzene rings is 1. The van der Waals surface area contributed by atoms with Crippen LogP contribution in [0.15, 0.2) is 67.1 Å². The lowest BCUT2D eigenvalue weighted by atomic mass is 9.90. The van der Waals surface area contributed by atoms with E-state index >= 15 is 0 Å². The molecule has 4 aromatic heterocycles. The summed E-state index contributed by atoms with van der Waals surface area (Å²) in [5.74, 6) is -2.71. The number of piperidine rings is 2. The Bertz CT molecular complexity index is 3380. The Balaban J connectivity index is 0.728. The molecule has 0 spiro atoms. The zero-order chi connectivity index (χ0) is 56.7. The van der Waals surface area contributed by atoms with Crippen LogP contribution in [0.2, 0.25) is 0 Å². The second-order valence-corrected chi connectivity index (χ2v) is 22.8. The van der Waals surface area contributed by atoms with Crippen molar-refractivity contribution in [1.29, 1.82) is 0 Å². The molecule has 6 aliphatic rings. The van der Waals surface area contributed by atoms with Crippen LogP contribution in [0.5, 0.6) is 5.88 Å². The number of amides is 5. The number of anilines is 5. The second kappa shape index (κ2) is 20.1. The van der Waals surface area contributed by atoms with Crippen molar-refractivity contribution in [2.75, 3.05) is 73.1 Å². The number of carbonyl (C=O) groups excluding carboxylic acids is 5. The number of imide groups is 2. The maximum Gasteiger partial charge on any atom is 0.471 e. The van der Waals surface area contributed by atoms with Crippen molar-refractivity contribution in [2.45, 2.75) is 97.0 Å². The number of ether oxygens (including phenoxy) is 1. The first kappa shape index (κ1) is 48.3. The fourth-order valence-electron chi connectivity index (χ4n) is 12.2. The van der Waals surface area contributed by atoms with Crippen LogP contribution in [0.3, 0.4) is 0 Å². The van der Waals surface area contributed by atoms with E-state index in [-0.39, 0.29) is 52.9 Å². The molecule has 77 heavy (non-hydrogen) atoms. The lowest BCUT2D eigenvalue weighted by molar-refractivity contribution is -0.155. The molecule has 11 rings (SSSR count). The highest BCUT2D eigenvalue weighted by atomic mass is 31.2. The number of nitrogens with zero attached hydrogens (tertiary/aromatic N) is 10. The molecule has 9 heterocycles. The van der Waals surface area contributed by atoms with E-state index in [9.17, 15) is 33.6 Å². The molecule has 1 aliphatic carbocycles. The van der Waals surface area contributed by atoms with E-state index in [1.165, 1.54) is 17.5 Å². The fourth-order valence-corrected chi connectivity index (χ4v) is 12.5. The number of likely N-dealkylation sites (tertiary alicyclic amines) is 1. The molecule has 3 saturated heterocycles. The van der Waals surface area contributed by atoms with Crippen molar-refractivity contribution in [2.24, 2.45) is 5.41 Å². The smallest absolute Gasteiger partial charge is 0.471 e. The summed E-state index contributed by atoms with van der Waals surface area (Å²) in [6.45, 7) is 11.9. The number of piperazine rings is 1. The number of rotatable bonds is 13. The second-order valence-electron chi connectivity index (χ2n) is 21.5. The maximum atomic E-state index is 14.2. The summed E-state index contributed by atoms with van der Waals surface area (Å²) in [5, 5.41) is 14.6. The Kier molecular flexibility index (Phi) is 12.6. The van der Waals surface area contributed by atoms with Gasteiger partial charge in [0, 0.05) is 99.2 Å². The number of carbonyl (C=O) groups is 5. The van der Waals surface area contributed by atoms with E-state index in [4.69, 9.17) is 23.6 Å². The van der Waals surface area contributed by atoms with Gasteiger partial charge in [0.1, 0.15) is 35.8 Å². The lowest BCUT2D eigenvalue weighted by Crippen LogP contribution is -2.57. The summed E-state index contributed by atoms with van der Waals surface area (Å²) >= 11 is 0. The van der Waals surface area contributed by atoms with Crippen molar-refractivity contribution in [1.82, 2.24) is 34.2 Å². The van der Waals surface area contributed by atoms with E-state index in [1.807, 2.05) is 12.1 Å². The minimum absolute atomic E-state index is 0.123. The van der Waals surface area contributed by atoms with Gasteiger partial charge < -0.3 is 39.3 Å². The Hall–Kier alpha value is -7.07. The van der Waals surface area contributed by atoms with Gasteiger partial charge in [-0.1, -0.05) is 13.8 Å². The molecule has 5 aliphatic heterocycles. The quantitative estimate of drug-likeness (QED) is 0.0863. The average Bonchev–Trinajstić information content (AvgIpc) is 4.14. The number of methoxy groups -OCH3 is 1. The third-order valence-corrected chi connectivity index (χ3v) is 16.4. The molecular formula is C54H62N11O11P. The van der Waals surface area contributed by atoms with Crippen molar-refractivity contribution >= 4 is 66.1 Å². The number of phosphoric acid groups is 1. The minimum Gasteiger partial charge on any atom is -0.480 e.